The number of methoxy groups -OCH3 is 1. The van der Waals surface area contributed by atoms with Crippen LogP contribution in [0.15, 0.2) is 79.1 Å². The van der Waals surface area contributed by atoms with Crippen LogP contribution < -0.4 is 15.4 Å². The average Bonchev–Trinajstić information content (AvgIpc) is 3.33. The van der Waals surface area contributed by atoms with Crippen molar-refractivity contribution >= 4 is 34.0 Å². The van der Waals surface area contributed by atoms with E-state index in [4.69, 9.17) is 4.74 Å². The zero-order valence-corrected chi connectivity index (χ0v) is 20.7. The number of hydrogen-bond donors (Lipinski definition) is 2. The Hall–Kier alpha value is -4.30. The van der Waals surface area contributed by atoms with Crippen molar-refractivity contribution in [2.75, 3.05) is 31.3 Å². The number of ether oxygens (including phenoxy) is 1. The van der Waals surface area contributed by atoms with Gasteiger partial charge < -0.3 is 15.4 Å². The van der Waals surface area contributed by atoms with Crippen LogP contribution in [0.5, 0.6) is 5.75 Å². The highest BCUT2D eigenvalue weighted by molar-refractivity contribution is 6.11. The van der Waals surface area contributed by atoms with Crippen LogP contribution in [-0.4, -0.2) is 47.5 Å². The van der Waals surface area contributed by atoms with Crippen LogP contribution in [0.2, 0.25) is 0 Å². The molecule has 1 fully saturated rings. The molecule has 0 radical (unpaired) electrons. The Morgan fingerprint density at radius 3 is 2.76 bits per heavy atom. The summed E-state index contributed by atoms with van der Waals surface area (Å²) < 4.78 is 20.0. The van der Waals surface area contributed by atoms with Crippen molar-refractivity contribution in [1.82, 2.24) is 14.9 Å². The monoisotopic (exact) mass is 497 g/mol. The minimum atomic E-state index is -0.399. The largest absolute Gasteiger partial charge is 0.497 e. The first-order valence-corrected chi connectivity index (χ1v) is 12.2. The fourth-order valence-electron chi connectivity index (χ4n) is 4.67. The van der Waals surface area contributed by atoms with Crippen LogP contribution in [-0.2, 0) is 4.79 Å². The summed E-state index contributed by atoms with van der Waals surface area (Å²) in [6.45, 7) is 1.03. The van der Waals surface area contributed by atoms with Crippen LogP contribution in [0.4, 0.5) is 21.6 Å². The molecule has 3 aromatic carbocycles. The molecule has 0 bridgehead atoms. The van der Waals surface area contributed by atoms with Gasteiger partial charge in [0.1, 0.15) is 23.7 Å². The van der Waals surface area contributed by atoms with Crippen LogP contribution in [0.1, 0.15) is 12.8 Å². The Kier molecular flexibility index (Phi) is 7.09. The number of anilines is 3. The second-order valence-corrected chi connectivity index (χ2v) is 8.98. The summed E-state index contributed by atoms with van der Waals surface area (Å²) >= 11 is 0. The zero-order valence-electron chi connectivity index (χ0n) is 20.7. The number of rotatable bonds is 7. The fraction of sp³-hybridized carbons (Fsp3) is 0.207. The van der Waals surface area contributed by atoms with Crippen LogP contribution in [0, 0.1) is 5.82 Å². The summed E-state index contributed by atoms with van der Waals surface area (Å²) in [5.74, 6) is 0.455. The van der Waals surface area contributed by atoms with Gasteiger partial charge in [0, 0.05) is 23.4 Å². The number of fused-ring (bicyclic) bond motifs is 1. The molecule has 2 heterocycles. The smallest absolute Gasteiger partial charge is 0.248 e. The van der Waals surface area contributed by atoms with Gasteiger partial charge in [-0.3, -0.25) is 9.69 Å². The number of likely N-dealkylation sites (N-methyl/N-ethyl adjacent to an activating group) is 1. The lowest BCUT2D eigenvalue weighted by Gasteiger charge is -2.17. The van der Waals surface area contributed by atoms with E-state index in [0.29, 0.717) is 33.7 Å². The summed E-state index contributed by atoms with van der Waals surface area (Å²) in [6, 6.07) is 17.8. The maximum atomic E-state index is 14.5. The van der Waals surface area contributed by atoms with Gasteiger partial charge in [0.25, 0.3) is 0 Å². The van der Waals surface area contributed by atoms with Crippen LogP contribution in [0.25, 0.3) is 22.0 Å². The van der Waals surface area contributed by atoms with Gasteiger partial charge in [0.15, 0.2) is 0 Å². The number of aromatic nitrogens is 2. The van der Waals surface area contributed by atoms with Crippen LogP contribution >= 0.6 is 0 Å². The van der Waals surface area contributed by atoms with Crippen molar-refractivity contribution in [2.45, 2.75) is 18.9 Å². The van der Waals surface area contributed by atoms with Gasteiger partial charge in [-0.1, -0.05) is 30.3 Å². The first-order chi connectivity index (χ1) is 18.0. The molecule has 37 heavy (non-hydrogen) atoms. The molecular weight excluding hydrogens is 469 g/mol. The highest BCUT2D eigenvalue weighted by atomic mass is 19.1. The van der Waals surface area contributed by atoms with Gasteiger partial charge in [0.05, 0.1) is 23.7 Å². The van der Waals surface area contributed by atoms with E-state index < -0.39 is 5.82 Å². The number of nitrogens with one attached hydrogen (secondary N) is 2. The number of amides is 1. The molecule has 0 spiro atoms. The van der Waals surface area contributed by atoms with E-state index in [2.05, 4.69) is 32.5 Å². The number of carbonyl (C=O) groups is 1. The van der Waals surface area contributed by atoms with Crippen molar-refractivity contribution in [3.63, 3.8) is 0 Å². The number of likely N-dealkylation sites (tertiary alicyclic amines) is 1. The summed E-state index contributed by atoms with van der Waals surface area (Å²) in [7, 11) is 3.66. The third-order valence-corrected chi connectivity index (χ3v) is 6.59. The summed E-state index contributed by atoms with van der Waals surface area (Å²) in [4.78, 5) is 24.1. The van der Waals surface area contributed by atoms with Crippen molar-refractivity contribution in [2.24, 2.45) is 0 Å². The van der Waals surface area contributed by atoms with Gasteiger partial charge in [-0.25, -0.2) is 14.4 Å². The number of para-hydroxylation sites is 1. The molecule has 4 aromatic rings. The Morgan fingerprint density at radius 2 is 1.97 bits per heavy atom. The number of nitrogens with zero attached hydrogens (tertiary/aromatic N) is 3. The molecule has 1 saturated heterocycles. The lowest BCUT2D eigenvalue weighted by molar-refractivity contribution is -0.111. The minimum Gasteiger partial charge on any atom is -0.497 e. The summed E-state index contributed by atoms with van der Waals surface area (Å²) in [5, 5.41) is 6.80. The Balaban J connectivity index is 1.61. The SMILES string of the molecule is COc1cccc(-c2c(NC(=O)C=CC3CCCN3C)ccc3ncnc(Nc4ccccc4F)c23)c1. The van der Waals surface area contributed by atoms with E-state index >= 15 is 0 Å². The predicted molar refractivity (Wildman–Crippen MR) is 145 cm³/mol. The maximum Gasteiger partial charge on any atom is 0.248 e. The Labute approximate surface area is 215 Å². The van der Waals surface area contributed by atoms with E-state index in [1.807, 2.05) is 42.5 Å². The number of halogens is 1. The molecular formula is C29H28FN5O2. The Morgan fingerprint density at radius 1 is 1.11 bits per heavy atom. The molecule has 8 heteroatoms. The number of benzene rings is 3. The second-order valence-electron chi connectivity index (χ2n) is 8.98. The molecule has 2 N–H and O–H groups in total. The first-order valence-electron chi connectivity index (χ1n) is 12.2. The molecule has 5 rings (SSSR count). The molecule has 1 amide bonds. The van der Waals surface area contributed by atoms with E-state index in [9.17, 15) is 9.18 Å². The molecule has 0 aliphatic carbocycles. The maximum absolute atomic E-state index is 14.5. The van der Waals surface area contributed by atoms with Crippen molar-refractivity contribution < 1.29 is 13.9 Å². The normalized spacial score (nSPS) is 15.8. The molecule has 1 atom stereocenters. The number of hydrogen-bond acceptors (Lipinski definition) is 6. The van der Waals surface area contributed by atoms with Gasteiger partial charge >= 0.3 is 0 Å². The Bertz CT molecular complexity index is 1470. The van der Waals surface area contributed by atoms with Gasteiger partial charge in [-0.2, -0.15) is 0 Å². The van der Waals surface area contributed by atoms with Crippen molar-refractivity contribution in [1.29, 1.82) is 0 Å². The first kappa shape index (κ1) is 24.4. The molecule has 1 aliphatic heterocycles. The molecule has 0 saturated carbocycles. The summed E-state index contributed by atoms with van der Waals surface area (Å²) in [5.41, 5.74) is 3.02. The van der Waals surface area contributed by atoms with E-state index in [-0.39, 0.29) is 17.6 Å². The standard InChI is InChI=1S/C29H28FN5O2/c1-35-16-6-8-20(35)12-15-26(36)33-25-14-13-24-28(27(25)19-7-5-9-21(17-19)37-2)29(32-18-31-24)34-23-11-4-3-10-22(23)30/h3-5,7,9-15,17-18,20H,6,8,16H2,1-2H3,(H,33,36)(H,31,32,34). The van der Waals surface area contributed by atoms with Crippen molar-refractivity contribution in [3.8, 4) is 16.9 Å². The zero-order chi connectivity index (χ0) is 25.8. The predicted octanol–water partition coefficient (Wildman–Crippen LogP) is 5.78. The fourth-order valence-corrected chi connectivity index (χ4v) is 4.67. The lowest BCUT2D eigenvalue weighted by atomic mass is 9.98. The molecule has 1 aliphatic rings. The summed E-state index contributed by atoms with van der Waals surface area (Å²) in [6.07, 6.45) is 7.12. The average molecular weight is 498 g/mol. The third-order valence-electron chi connectivity index (χ3n) is 6.59. The molecule has 7 nitrogen and oxygen atoms in total. The molecule has 1 unspecified atom stereocenters. The van der Waals surface area contributed by atoms with Gasteiger partial charge in [-0.05, 0) is 68.4 Å². The van der Waals surface area contributed by atoms with E-state index in [1.54, 1.807) is 31.4 Å². The van der Waals surface area contributed by atoms with Gasteiger partial charge in [-0.15, -0.1) is 0 Å². The second kappa shape index (κ2) is 10.8. The topological polar surface area (TPSA) is 79.4 Å². The van der Waals surface area contributed by atoms with E-state index in [1.165, 1.54) is 12.4 Å². The highest BCUT2D eigenvalue weighted by Crippen LogP contribution is 2.40. The molecule has 188 valence electrons. The highest BCUT2D eigenvalue weighted by Gasteiger charge is 2.20. The van der Waals surface area contributed by atoms with Gasteiger partial charge in [0.2, 0.25) is 5.91 Å². The minimum absolute atomic E-state index is 0.232. The molecule has 1 aromatic heterocycles. The quantitative estimate of drug-likeness (QED) is 0.315. The lowest BCUT2D eigenvalue weighted by Crippen LogP contribution is -2.23. The van der Waals surface area contributed by atoms with Crippen molar-refractivity contribution in [3.05, 3.63) is 85.0 Å². The third kappa shape index (κ3) is 5.29. The number of carbonyl (C=O) groups excluding carboxylic acids is 1. The van der Waals surface area contributed by atoms with Crippen LogP contribution in [0.3, 0.4) is 0 Å². The van der Waals surface area contributed by atoms with E-state index in [0.717, 1.165) is 24.9 Å².